The summed E-state index contributed by atoms with van der Waals surface area (Å²) in [5.74, 6) is -1.14. The van der Waals surface area contributed by atoms with Gasteiger partial charge in [-0.25, -0.2) is 9.88 Å². The molecule has 9 heteroatoms. The highest BCUT2D eigenvalue weighted by Gasteiger charge is 2.44. The zero-order valence-corrected chi connectivity index (χ0v) is 23.1. The molecule has 0 N–H and O–H groups in total. The van der Waals surface area contributed by atoms with Gasteiger partial charge in [0.05, 0.1) is 28.6 Å². The number of thiazole rings is 1. The van der Waals surface area contributed by atoms with E-state index in [0.29, 0.717) is 17.1 Å². The molecule has 1 aliphatic rings. The number of aryl methyl sites for hydroxylation is 1. The molecule has 1 aliphatic heterocycles. The van der Waals surface area contributed by atoms with Crippen LogP contribution in [0.15, 0.2) is 89.5 Å². The Morgan fingerprint density at radius 2 is 1.90 bits per heavy atom. The zero-order valence-electron chi connectivity index (χ0n) is 21.5. The van der Waals surface area contributed by atoms with E-state index < -0.39 is 17.9 Å². The molecule has 0 saturated carbocycles. The Morgan fingerprint density at radius 3 is 2.65 bits per heavy atom. The molecule has 0 spiro atoms. The van der Waals surface area contributed by atoms with Crippen molar-refractivity contribution in [3.63, 3.8) is 0 Å². The maximum Gasteiger partial charge on any atom is 0.290 e. The molecule has 1 fully saturated rings. The lowest BCUT2D eigenvalue weighted by molar-refractivity contribution is -0.122. The Hall–Kier alpha value is -4.27. The van der Waals surface area contributed by atoms with E-state index in [1.807, 2.05) is 49.4 Å². The van der Waals surface area contributed by atoms with Gasteiger partial charge in [-0.15, -0.1) is 11.3 Å². The predicted octanol–water partition coefficient (Wildman–Crippen LogP) is 6.54. The minimum absolute atomic E-state index is 0.111. The Kier molecular flexibility index (Phi) is 6.96. The minimum Gasteiger partial charge on any atom is -0.459 e. The number of aromatic nitrogens is 1. The highest BCUT2D eigenvalue weighted by atomic mass is 35.5. The first-order valence-electron chi connectivity index (χ1n) is 12.8. The third kappa shape index (κ3) is 5.03. The average molecular weight is 570 g/mol. The summed E-state index contributed by atoms with van der Waals surface area (Å²) < 4.78 is 6.44. The lowest BCUT2D eigenvalue weighted by Gasteiger charge is -2.27. The number of nitrogens with zero attached hydrogens (tertiary/aromatic N) is 3. The summed E-state index contributed by atoms with van der Waals surface area (Å²) in [7, 11) is 0. The molecule has 2 aromatic heterocycles. The Labute approximate surface area is 239 Å². The van der Waals surface area contributed by atoms with Crippen molar-refractivity contribution in [2.75, 3.05) is 11.4 Å². The standard InChI is InChI=1S/C31H24ClN3O4S/c1-19-7-12-24-27(16-19)40-29(33-24)21-8-10-23(11-9-21)35-28(36)18-25(30(35)37)34(31(38)26-6-3-15-39-26)14-13-20-4-2-5-22(32)17-20/h2-12,15-17,25H,13-14,18H2,1H3. The van der Waals surface area contributed by atoms with Gasteiger partial charge in [0.2, 0.25) is 5.91 Å². The highest BCUT2D eigenvalue weighted by Crippen LogP contribution is 2.33. The number of hydrogen-bond acceptors (Lipinski definition) is 6. The Bertz CT molecular complexity index is 1730. The van der Waals surface area contributed by atoms with Gasteiger partial charge in [0, 0.05) is 17.1 Å². The molecule has 1 saturated heterocycles. The number of rotatable bonds is 7. The SMILES string of the molecule is Cc1ccc2nc(-c3ccc(N4C(=O)CC(N(CCc5cccc(Cl)c5)C(=O)c5ccco5)C4=O)cc3)sc2c1. The molecule has 40 heavy (non-hydrogen) atoms. The van der Waals surface area contributed by atoms with Crippen LogP contribution in [0.2, 0.25) is 5.02 Å². The van der Waals surface area contributed by atoms with Crippen LogP contribution in [-0.4, -0.2) is 40.2 Å². The van der Waals surface area contributed by atoms with Gasteiger partial charge in [0.25, 0.3) is 11.8 Å². The van der Waals surface area contributed by atoms with Crippen LogP contribution in [0.1, 0.15) is 28.1 Å². The van der Waals surface area contributed by atoms with Gasteiger partial charge in [-0.3, -0.25) is 14.4 Å². The number of amides is 3. The summed E-state index contributed by atoms with van der Waals surface area (Å²) in [6, 6.07) is 22.9. The molecule has 1 unspecified atom stereocenters. The summed E-state index contributed by atoms with van der Waals surface area (Å²) in [4.78, 5) is 47.5. The smallest absolute Gasteiger partial charge is 0.290 e. The lowest BCUT2D eigenvalue weighted by atomic mass is 10.1. The fourth-order valence-corrected chi connectivity index (χ4v) is 6.20. The first kappa shape index (κ1) is 26.0. The second-order valence-electron chi connectivity index (χ2n) is 9.68. The number of halogens is 1. The van der Waals surface area contributed by atoms with E-state index in [0.717, 1.165) is 31.3 Å². The summed E-state index contributed by atoms with van der Waals surface area (Å²) in [6.45, 7) is 2.26. The van der Waals surface area contributed by atoms with Crippen molar-refractivity contribution in [1.29, 1.82) is 0 Å². The maximum atomic E-state index is 13.7. The van der Waals surface area contributed by atoms with Crippen molar-refractivity contribution < 1.29 is 18.8 Å². The third-order valence-electron chi connectivity index (χ3n) is 6.94. The fraction of sp³-hybridized carbons (Fsp3) is 0.161. The normalized spacial score (nSPS) is 15.2. The van der Waals surface area contributed by atoms with Gasteiger partial charge in [-0.05, 0) is 85.1 Å². The second-order valence-corrected chi connectivity index (χ2v) is 11.1. The van der Waals surface area contributed by atoms with Gasteiger partial charge in [0.15, 0.2) is 5.76 Å². The molecular formula is C31H24ClN3O4S. The van der Waals surface area contributed by atoms with E-state index in [-0.39, 0.29) is 24.6 Å². The van der Waals surface area contributed by atoms with Crippen molar-refractivity contribution in [3.05, 3.63) is 107 Å². The van der Waals surface area contributed by atoms with Crippen LogP contribution in [0, 0.1) is 6.92 Å². The fourth-order valence-electron chi connectivity index (χ4n) is 4.92. The molecule has 6 rings (SSSR count). The number of carbonyl (C=O) groups is 3. The number of fused-ring (bicyclic) bond motifs is 1. The molecule has 3 aromatic carbocycles. The van der Waals surface area contributed by atoms with Crippen LogP contribution in [0.5, 0.6) is 0 Å². The van der Waals surface area contributed by atoms with Crippen molar-refractivity contribution in [2.45, 2.75) is 25.8 Å². The zero-order chi connectivity index (χ0) is 27.8. The predicted molar refractivity (Wildman–Crippen MR) is 156 cm³/mol. The Balaban J connectivity index is 1.25. The third-order valence-corrected chi connectivity index (χ3v) is 8.24. The molecule has 1 atom stereocenters. The van der Waals surface area contributed by atoms with E-state index >= 15 is 0 Å². The van der Waals surface area contributed by atoms with E-state index in [9.17, 15) is 14.4 Å². The molecule has 200 valence electrons. The van der Waals surface area contributed by atoms with Crippen molar-refractivity contribution in [2.24, 2.45) is 0 Å². The van der Waals surface area contributed by atoms with Crippen LogP contribution < -0.4 is 4.90 Å². The molecule has 0 aliphatic carbocycles. The van der Waals surface area contributed by atoms with Crippen molar-refractivity contribution >= 4 is 56.6 Å². The monoisotopic (exact) mass is 569 g/mol. The molecule has 3 amide bonds. The molecule has 3 heterocycles. The molecule has 5 aromatic rings. The van der Waals surface area contributed by atoms with Crippen LogP contribution in [0.25, 0.3) is 20.8 Å². The van der Waals surface area contributed by atoms with E-state index in [2.05, 4.69) is 6.07 Å². The van der Waals surface area contributed by atoms with Crippen LogP contribution >= 0.6 is 22.9 Å². The van der Waals surface area contributed by atoms with E-state index in [1.165, 1.54) is 16.7 Å². The molecule has 0 bridgehead atoms. The van der Waals surface area contributed by atoms with Crippen LogP contribution in [0.3, 0.4) is 0 Å². The van der Waals surface area contributed by atoms with Crippen molar-refractivity contribution in [1.82, 2.24) is 9.88 Å². The summed E-state index contributed by atoms with van der Waals surface area (Å²) >= 11 is 7.73. The molecule has 0 radical (unpaired) electrons. The number of hydrogen-bond donors (Lipinski definition) is 0. The second kappa shape index (κ2) is 10.7. The number of furan rings is 1. The minimum atomic E-state index is -0.948. The molecule has 7 nitrogen and oxygen atoms in total. The number of anilines is 1. The first-order valence-corrected chi connectivity index (χ1v) is 14.0. The number of imide groups is 1. The summed E-state index contributed by atoms with van der Waals surface area (Å²) in [5, 5.41) is 1.45. The summed E-state index contributed by atoms with van der Waals surface area (Å²) in [5.41, 5.74) is 4.37. The van der Waals surface area contributed by atoms with Gasteiger partial charge in [0.1, 0.15) is 11.0 Å². The van der Waals surface area contributed by atoms with E-state index in [1.54, 1.807) is 41.7 Å². The lowest BCUT2D eigenvalue weighted by Crippen LogP contribution is -2.46. The number of benzene rings is 3. The largest absolute Gasteiger partial charge is 0.459 e. The number of carbonyl (C=O) groups excluding carboxylic acids is 3. The van der Waals surface area contributed by atoms with E-state index in [4.69, 9.17) is 21.0 Å². The molecular weight excluding hydrogens is 546 g/mol. The van der Waals surface area contributed by atoms with Gasteiger partial charge in [-0.2, -0.15) is 0 Å². The van der Waals surface area contributed by atoms with Crippen LogP contribution in [0.4, 0.5) is 5.69 Å². The quantitative estimate of drug-likeness (QED) is 0.208. The Morgan fingerprint density at radius 1 is 1.07 bits per heavy atom. The van der Waals surface area contributed by atoms with Crippen LogP contribution in [-0.2, 0) is 16.0 Å². The topological polar surface area (TPSA) is 83.7 Å². The first-order chi connectivity index (χ1) is 19.4. The average Bonchev–Trinajstić information content (AvgIpc) is 3.68. The van der Waals surface area contributed by atoms with Gasteiger partial charge < -0.3 is 9.32 Å². The van der Waals surface area contributed by atoms with Gasteiger partial charge in [-0.1, -0.05) is 29.8 Å². The summed E-state index contributed by atoms with van der Waals surface area (Å²) in [6.07, 6.45) is 1.76. The maximum absolute atomic E-state index is 13.7. The highest BCUT2D eigenvalue weighted by molar-refractivity contribution is 7.21. The van der Waals surface area contributed by atoms with Gasteiger partial charge >= 0.3 is 0 Å². The van der Waals surface area contributed by atoms with Crippen molar-refractivity contribution in [3.8, 4) is 10.6 Å².